The van der Waals surface area contributed by atoms with Gasteiger partial charge in [0.1, 0.15) is 24.0 Å². The predicted octanol–water partition coefficient (Wildman–Crippen LogP) is 2.11. The second kappa shape index (κ2) is 6.70. The highest BCUT2D eigenvalue weighted by molar-refractivity contribution is 5.91. The van der Waals surface area contributed by atoms with Crippen molar-refractivity contribution in [2.75, 3.05) is 19.7 Å². The summed E-state index contributed by atoms with van der Waals surface area (Å²) in [6.45, 7) is 1.67. The maximum absolute atomic E-state index is 14.3. The summed E-state index contributed by atoms with van der Waals surface area (Å²) in [7, 11) is 0. The molecule has 1 saturated heterocycles. The molecular weight excluding hydrogens is 379 g/mol. The van der Waals surface area contributed by atoms with Crippen LogP contribution in [0.1, 0.15) is 12.0 Å². The van der Waals surface area contributed by atoms with E-state index in [1.54, 1.807) is 18.2 Å². The molecule has 0 saturated carbocycles. The Kier molecular flexibility index (Phi) is 4.13. The van der Waals surface area contributed by atoms with Crippen LogP contribution in [-0.4, -0.2) is 48.0 Å². The highest BCUT2D eigenvalue weighted by atomic mass is 19.1. The summed E-state index contributed by atoms with van der Waals surface area (Å²) in [6.07, 6.45) is 0.903. The van der Waals surface area contributed by atoms with Crippen LogP contribution in [0.15, 0.2) is 41.5 Å². The number of hydrogen-bond acceptors (Lipinski definition) is 6. The zero-order valence-corrected chi connectivity index (χ0v) is 15.4. The van der Waals surface area contributed by atoms with Crippen LogP contribution in [0.4, 0.5) is 9.18 Å². The first-order valence-electron chi connectivity index (χ1n) is 9.42. The third-order valence-corrected chi connectivity index (χ3v) is 5.77. The van der Waals surface area contributed by atoms with E-state index < -0.39 is 17.6 Å². The number of amidine groups is 1. The number of rotatable bonds is 1. The van der Waals surface area contributed by atoms with Crippen molar-refractivity contribution in [3.05, 3.63) is 48.0 Å². The Morgan fingerprint density at radius 2 is 2.28 bits per heavy atom. The van der Waals surface area contributed by atoms with E-state index in [1.807, 2.05) is 12.1 Å². The van der Waals surface area contributed by atoms with Crippen molar-refractivity contribution < 1.29 is 23.8 Å². The molecule has 0 aliphatic carbocycles. The second-order valence-electron chi connectivity index (χ2n) is 7.37. The molecule has 1 unspecified atom stereocenters. The molecule has 4 heterocycles. The molecule has 2 aromatic rings. The topological polar surface area (TPSA) is 105 Å². The van der Waals surface area contributed by atoms with Gasteiger partial charge in [-0.25, -0.2) is 20.1 Å². The van der Waals surface area contributed by atoms with Crippen LogP contribution in [0, 0.1) is 11.9 Å². The lowest BCUT2D eigenvalue weighted by Crippen LogP contribution is -2.55. The molecule has 3 aliphatic rings. The van der Waals surface area contributed by atoms with Crippen molar-refractivity contribution >= 4 is 12.1 Å². The first-order chi connectivity index (χ1) is 14.1. The van der Waals surface area contributed by atoms with E-state index in [9.17, 15) is 9.18 Å². The fourth-order valence-electron chi connectivity index (χ4n) is 4.46. The number of ether oxygens (including phenoxy) is 2. The second-order valence-corrected chi connectivity index (χ2v) is 7.37. The molecule has 1 spiro atoms. The highest BCUT2D eigenvalue weighted by Crippen LogP contribution is 2.50. The maximum Gasteiger partial charge on any atom is 0.412 e. The molecule has 1 amide bonds. The average Bonchev–Trinajstić information content (AvgIpc) is 3.12. The third kappa shape index (κ3) is 2.89. The molecule has 3 N–H and O–H groups in total. The number of nitrogens with one attached hydrogen (secondary N) is 2. The SMILES string of the molecule is O=C(O)NC1=NC2(CO1)c1cc(-c3cccnc3F)ccc1O[C@H]1CCNC[C@@H]12. The lowest BCUT2D eigenvalue weighted by atomic mass is 9.71. The van der Waals surface area contributed by atoms with Gasteiger partial charge < -0.3 is 19.9 Å². The minimum atomic E-state index is -1.24. The van der Waals surface area contributed by atoms with Crippen molar-refractivity contribution in [3.63, 3.8) is 0 Å². The number of fused-ring (bicyclic) bond motifs is 4. The monoisotopic (exact) mass is 398 g/mol. The number of amides is 1. The van der Waals surface area contributed by atoms with E-state index in [4.69, 9.17) is 14.6 Å². The number of pyridine rings is 1. The van der Waals surface area contributed by atoms with Gasteiger partial charge in [0, 0.05) is 29.8 Å². The molecule has 1 aromatic carbocycles. The number of halogens is 1. The first kappa shape index (κ1) is 17.9. The molecule has 0 bridgehead atoms. The highest BCUT2D eigenvalue weighted by Gasteiger charge is 2.54. The smallest absolute Gasteiger partial charge is 0.412 e. The standard InChI is InChI=1S/C20H19FN4O4/c21-17-12(2-1-6-23-17)11-3-4-15-13(8-11)20(10-28-18(25-20)24-19(26)27)14-9-22-7-5-16(14)29-15/h1-4,6,8,14,16,22H,5,7,9-10H2,(H,24,25)(H,26,27)/t14-,16-,20?/m0/s1. The zero-order chi connectivity index (χ0) is 20.0. The van der Waals surface area contributed by atoms with Gasteiger partial charge in [-0.15, -0.1) is 0 Å². The third-order valence-electron chi connectivity index (χ3n) is 5.77. The number of hydrogen-bond donors (Lipinski definition) is 3. The molecule has 0 radical (unpaired) electrons. The molecule has 29 heavy (non-hydrogen) atoms. The Morgan fingerprint density at radius 1 is 1.38 bits per heavy atom. The summed E-state index contributed by atoms with van der Waals surface area (Å²) in [5.41, 5.74) is 0.957. The predicted molar refractivity (Wildman–Crippen MR) is 101 cm³/mol. The Morgan fingerprint density at radius 3 is 3.10 bits per heavy atom. The molecular formula is C20H19FN4O4. The lowest BCUT2D eigenvalue weighted by molar-refractivity contribution is 0.0160. The zero-order valence-electron chi connectivity index (χ0n) is 15.4. The van der Waals surface area contributed by atoms with Gasteiger partial charge in [-0.1, -0.05) is 6.07 Å². The number of carboxylic acid groups (broad SMARTS) is 1. The van der Waals surface area contributed by atoms with E-state index in [0.717, 1.165) is 18.5 Å². The molecule has 5 rings (SSSR count). The maximum atomic E-state index is 14.3. The normalized spacial score (nSPS) is 27.3. The lowest BCUT2D eigenvalue weighted by Gasteiger charge is -2.46. The van der Waals surface area contributed by atoms with Gasteiger partial charge >= 0.3 is 6.09 Å². The van der Waals surface area contributed by atoms with Crippen LogP contribution in [-0.2, 0) is 10.3 Å². The molecule has 9 heteroatoms. The number of carbonyl (C=O) groups is 1. The number of benzene rings is 1. The van der Waals surface area contributed by atoms with E-state index in [1.165, 1.54) is 6.20 Å². The Hall–Kier alpha value is -3.20. The largest absolute Gasteiger partial charge is 0.490 e. The minimum absolute atomic E-state index is 0.0346. The van der Waals surface area contributed by atoms with Crippen LogP contribution < -0.4 is 15.4 Å². The number of aliphatic imine (C=N–C) groups is 1. The Bertz CT molecular complexity index is 1010. The van der Waals surface area contributed by atoms with Gasteiger partial charge in [-0.3, -0.25) is 0 Å². The fourth-order valence-corrected chi connectivity index (χ4v) is 4.46. The van der Waals surface area contributed by atoms with Gasteiger partial charge in [-0.2, -0.15) is 4.39 Å². The van der Waals surface area contributed by atoms with E-state index >= 15 is 0 Å². The molecule has 3 atom stereocenters. The number of nitrogens with zero attached hydrogens (tertiary/aromatic N) is 2. The van der Waals surface area contributed by atoms with Crippen molar-refractivity contribution in [2.24, 2.45) is 10.9 Å². The van der Waals surface area contributed by atoms with Crippen molar-refractivity contribution in [2.45, 2.75) is 18.1 Å². The van der Waals surface area contributed by atoms with Crippen LogP contribution in [0.2, 0.25) is 0 Å². The summed E-state index contributed by atoms with van der Waals surface area (Å²) in [6, 6.07) is 8.76. The van der Waals surface area contributed by atoms with Crippen LogP contribution >= 0.6 is 0 Å². The van der Waals surface area contributed by atoms with Gasteiger partial charge in [0.2, 0.25) is 5.95 Å². The minimum Gasteiger partial charge on any atom is -0.490 e. The molecule has 8 nitrogen and oxygen atoms in total. The summed E-state index contributed by atoms with van der Waals surface area (Å²) >= 11 is 0. The number of aromatic nitrogens is 1. The van der Waals surface area contributed by atoms with Crippen molar-refractivity contribution in [1.29, 1.82) is 0 Å². The summed E-state index contributed by atoms with van der Waals surface area (Å²) in [5, 5.41) is 14.6. The van der Waals surface area contributed by atoms with Gasteiger partial charge in [0.15, 0.2) is 0 Å². The van der Waals surface area contributed by atoms with E-state index in [2.05, 4.69) is 20.6 Å². The van der Waals surface area contributed by atoms with Crippen molar-refractivity contribution in [3.8, 4) is 16.9 Å². The molecule has 150 valence electrons. The molecule has 1 fully saturated rings. The Labute approximate surface area is 165 Å². The fraction of sp³-hybridized carbons (Fsp3) is 0.350. The van der Waals surface area contributed by atoms with Gasteiger partial charge in [0.05, 0.1) is 0 Å². The summed E-state index contributed by atoms with van der Waals surface area (Å²) in [5.74, 6) is 0.0470. The van der Waals surface area contributed by atoms with Crippen LogP contribution in [0.5, 0.6) is 5.75 Å². The van der Waals surface area contributed by atoms with Crippen molar-refractivity contribution in [1.82, 2.24) is 15.6 Å². The summed E-state index contributed by atoms with van der Waals surface area (Å²) in [4.78, 5) is 19.5. The quantitative estimate of drug-likeness (QED) is 0.636. The van der Waals surface area contributed by atoms with Gasteiger partial charge in [0.25, 0.3) is 6.02 Å². The first-order valence-corrected chi connectivity index (χ1v) is 9.42. The van der Waals surface area contributed by atoms with Gasteiger partial charge in [-0.05, 0) is 42.8 Å². The average molecular weight is 398 g/mol. The molecule has 1 aromatic heterocycles. The Balaban J connectivity index is 1.66. The van der Waals surface area contributed by atoms with E-state index in [0.29, 0.717) is 23.4 Å². The van der Waals surface area contributed by atoms with E-state index in [-0.39, 0.29) is 24.7 Å². The molecule has 3 aliphatic heterocycles. The number of piperidine rings is 1. The summed E-state index contributed by atoms with van der Waals surface area (Å²) < 4.78 is 26.1. The van der Waals surface area contributed by atoms with Crippen LogP contribution in [0.3, 0.4) is 0 Å². The van der Waals surface area contributed by atoms with Crippen LogP contribution in [0.25, 0.3) is 11.1 Å².